The fourth-order valence-corrected chi connectivity index (χ4v) is 4.00. The van der Waals surface area contributed by atoms with Crippen molar-refractivity contribution in [1.82, 2.24) is 20.0 Å². The van der Waals surface area contributed by atoms with E-state index in [-0.39, 0.29) is 11.8 Å². The molecule has 1 aromatic carbocycles. The fourth-order valence-electron chi connectivity index (χ4n) is 4.00. The topological polar surface area (TPSA) is 102 Å². The van der Waals surface area contributed by atoms with Crippen LogP contribution >= 0.6 is 0 Å². The van der Waals surface area contributed by atoms with Crippen LogP contribution in [0, 0.1) is 0 Å². The van der Waals surface area contributed by atoms with E-state index in [1.54, 1.807) is 13.2 Å². The molecule has 0 atom stereocenters. The third-order valence-corrected chi connectivity index (χ3v) is 6.05. The number of piperazine rings is 1. The highest BCUT2D eigenvalue weighted by Gasteiger charge is 2.38. The summed E-state index contributed by atoms with van der Waals surface area (Å²) in [6.45, 7) is 7.32. The third kappa shape index (κ3) is 10.0. The Kier molecular flexibility index (Phi) is 11.9. The van der Waals surface area contributed by atoms with Crippen LogP contribution in [0.5, 0.6) is 5.75 Å². The molecule has 2 heterocycles. The number of ether oxygens (including phenoxy) is 1. The molecular weight excluding hydrogens is 481 g/mol. The highest BCUT2D eigenvalue weighted by molar-refractivity contribution is 5.95. The van der Waals surface area contributed by atoms with Crippen LogP contribution in [-0.2, 0) is 9.59 Å². The molecule has 12 heteroatoms. The first-order valence-corrected chi connectivity index (χ1v) is 12.1. The smallest absolute Gasteiger partial charge is 0.490 e. The number of likely N-dealkylation sites (tertiary alicyclic amines) is 1. The number of carbonyl (C=O) groups is 3. The number of hydrogen-bond donors (Lipinski definition) is 2. The maximum absolute atomic E-state index is 13.2. The molecule has 0 aliphatic carbocycles. The van der Waals surface area contributed by atoms with Crippen LogP contribution in [-0.4, -0.2) is 110 Å². The molecule has 9 nitrogen and oxygen atoms in total. The van der Waals surface area contributed by atoms with Gasteiger partial charge in [0.05, 0.1) is 7.11 Å². The van der Waals surface area contributed by atoms with Crippen molar-refractivity contribution in [2.45, 2.75) is 31.9 Å². The summed E-state index contributed by atoms with van der Waals surface area (Å²) in [5.74, 6) is -1.99. The quantitative estimate of drug-likeness (QED) is 0.546. The predicted octanol–water partition coefficient (Wildman–Crippen LogP) is 2.08. The maximum Gasteiger partial charge on any atom is 0.490 e. The van der Waals surface area contributed by atoms with Gasteiger partial charge in [-0.2, -0.15) is 13.2 Å². The lowest BCUT2D eigenvalue weighted by molar-refractivity contribution is -0.192. The van der Waals surface area contributed by atoms with Crippen LogP contribution < -0.4 is 10.1 Å². The Labute approximate surface area is 209 Å². The number of rotatable bonds is 8. The lowest BCUT2D eigenvalue weighted by Crippen LogP contribution is -2.47. The largest absolute Gasteiger partial charge is 0.497 e. The maximum atomic E-state index is 13.2. The summed E-state index contributed by atoms with van der Waals surface area (Å²) in [5.41, 5.74) is 0.609. The highest BCUT2D eigenvalue weighted by Crippen LogP contribution is 2.16. The minimum atomic E-state index is -5.08. The Hall–Kier alpha value is -2.86. The highest BCUT2D eigenvalue weighted by atomic mass is 19.4. The fraction of sp³-hybridized carbons (Fsp3) is 0.625. The van der Waals surface area contributed by atoms with Gasteiger partial charge in [-0.3, -0.25) is 9.59 Å². The number of carboxylic acid groups (broad SMARTS) is 1. The Morgan fingerprint density at radius 2 is 1.69 bits per heavy atom. The van der Waals surface area contributed by atoms with Gasteiger partial charge in [-0.1, -0.05) is 12.5 Å². The van der Waals surface area contributed by atoms with Crippen LogP contribution in [0.25, 0.3) is 0 Å². The van der Waals surface area contributed by atoms with Crippen molar-refractivity contribution >= 4 is 17.8 Å². The van der Waals surface area contributed by atoms with Crippen molar-refractivity contribution in [3.8, 4) is 5.75 Å². The molecule has 36 heavy (non-hydrogen) atoms. The van der Waals surface area contributed by atoms with Crippen molar-refractivity contribution in [3.63, 3.8) is 0 Å². The number of carbonyl (C=O) groups excluding carboxylic acids is 2. The molecule has 2 saturated heterocycles. The molecule has 3 rings (SSSR count). The van der Waals surface area contributed by atoms with E-state index < -0.39 is 12.1 Å². The second kappa shape index (κ2) is 14.6. The van der Waals surface area contributed by atoms with E-state index >= 15 is 0 Å². The normalized spacial score (nSPS) is 16.5. The minimum absolute atomic E-state index is 0.0333. The van der Waals surface area contributed by atoms with Gasteiger partial charge in [-0.05, 0) is 44.1 Å². The zero-order valence-corrected chi connectivity index (χ0v) is 20.6. The molecule has 1 aromatic rings. The number of halogens is 3. The van der Waals surface area contributed by atoms with E-state index in [2.05, 4.69) is 10.2 Å². The second-order valence-corrected chi connectivity index (χ2v) is 8.61. The van der Waals surface area contributed by atoms with E-state index in [1.165, 1.54) is 19.3 Å². The first kappa shape index (κ1) is 29.4. The van der Waals surface area contributed by atoms with Crippen LogP contribution in [0.15, 0.2) is 24.3 Å². The van der Waals surface area contributed by atoms with Gasteiger partial charge in [-0.15, -0.1) is 0 Å². The first-order chi connectivity index (χ1) is 17.1. The summed E-state index contributed by atoms with van der Waals surface area (Å²) < 4.78 is 37.0. The number of alkyl halides is 3. The zero-order valence-electron chi connectivity index (χ0n) is 20.6. The SMILES string of the molecule is COc1cccc(C(=O)N(CCC(=O)N2CCNCC2)CCN2CCCCC2)c1.O=C(O)C(F)(F)F. The Morgan fingerprint density at radius 1 is 1.06 bits per heavy atom. The lowest BCUT2D eigenvalue weighted by Gasteiger charge is -2.31. The zero-order chi connectivity index (χ0) is 26.6. The number of benzene rings is 1. The molecule has 2 fully saturated rings. The third-order valence-electron chi connectivity index (χ3n) is 6.05. The van der Waals surface area contributed by atoms with Crippen molar-refractivity contribution in [3.05, 3.63) is 29.8 Å². The molecule has 2 aliphatic rings. The Balaban J connectivity index is 0.000000572. The van der Waals surface area contributed by atoms with Gasteiger partial charge in [-0.25, -0.2) is 4.79 Å². The van der Waals surface area contributed by atoms with E-state index in [9.17, 15) is 22.8 Å². The molecule has 2 N–H and O–H groups in total. The van der Waals surface area contributed by atoms with Gasteiger partial charge in [0.2, 0.25) is 5.91 Å². The van der Waals surface area contributed by atoms with Gasteiger partial charge in [0.1, 0.15) is 5.75 Å². The summed E-state index contributed by atoms with van der Waals surface area (Å²) in [6, 6.07) is 7.26. The monoisotopic (exact) mass is 516 g/mol. The molecule has 0 bridgehead atoms. The molecule has 2 amide bonds. The van der Waals surface area contributed by atoms with Gasteiger partial charge in [0.25, 0.3) is 5.91 Å². The summed E-state index contributed by atoms with van der Waals surface area (Å²) in [6.07, 6.45) is -0.964. The number of methoxy groups -OCH3 is 1. The molecule has 0 spiro atoms. The lowest BCUT2D eigenvalue weighted by atomic mass is 10.1. The van der Waals surface area contributed by atoms with Crippen molar-refractivity contribution in [1.29, 1.82) is 0 Å². The van der Waals surface area contributed by atoms with Gasteiger partial charge in [0, 0.05) is 57.8 Å². The summed E-state index contributed by atoms with van der Waals surface area (Å²) in [7, 11) is 1.60. The Morgan fingerprint density at radius 3 is 2.28 bits per heavy atom. The Bertz CT molecular complexity index is 856. The number of nitrogens with one attached hydrogen (secondary N) is 1. The van der Waals surface area contributed by atoms with Crippen molar-refractivity contribution in [2.24, 2.45) is 0 Å². The van der Waals surface area contributed by atoms with E-state index in [1.807, 2.05) is 28.0 Å². The van der Waals surface area contributed by atoms with Gasteiger partial charge < -0.3 is 29.9 Å². The molecular formula is C24H35F3N4O5. The molecule has 0 aromatic heterocycles. The average Bonchev–Trinajstić information content (AvgIpc) is 2.89. The predicted molar refractivity (Wildman–Crippen MR) is 127 cm³/mol. The van der Waals surface area contributed by atoms with Crippen molar-refractivity contribution in [2.75, 3.05) is 66.0 Å². The van der Waals surface area contributed by atoms with E-state index in [4.69, 9.17) is 14.6 Å². The number of piperidine rings is 1. The number of aliphatic carboxylic acids is 1. The number of hydrogen-bond acceptors (Lipinski definition) is 6. The average molecular weight is 517 g/mol. The molecule has 202 valence electrons. The standard InChI is InChI=1S/C22H34N4O3.C2HF3O2/c1-29-20-7-5-6-19(18-20)22(28)26(17-16-24-11-3-2-4-12-24)13-8-21(27)25-14-9-23-10-15-25;3-2(4,5)1(6)7/h5-7,18,23H,2-4,8-17H2,1H3;(H,6,7). The minimum Gasteiger partial charge on any atom is -0.497 e. The van der Waals surface area contributed by atoms with Crippen LogP contribution in [0.1, 0.15) is 36.0 Å². The summed E-state index contributed by atoms with van der Waals surface area (Å²) in [4.78, 5) is 40.8. The number of nitrogens with zero attached hydrogens (tertiary/aromatic N) is 3. The van der Waals surface area contributed by atoms with E-state index in [0.717, 1.165) is 45.8 Å². The van der Waals surface area contributed by atoms with Crippen molar-refractivity contribution < 1.29 is 37.4 Å². The van der Waals surface area contributed by atoms with Crippen LogP contribution in [0.2, 0.25) is 0 Å². The summed E-state index contributed by atoms with van der Waals surface area (Å²) in [5, 5.41) is 10.4. The summed E-state index contributed by atoms with van der Waals surface area (Å²) >= 11 is 0. The van der Waals surface area contributed by atoms with Gasteiger partial charge >= 0.3 is 12.1 Å². The molecule has 0 radical (unpaired) electrons. The van der Waals surface area contributed by atoms with Crippen LogP contribution in [0.4, 0.5) is 13.2 Å². The second-order valence-electron chi connectivity index (χ2n) is 8.61. The molecule has 0 unspecified atom stereocenters. The van der Waals surface area contributed by atoms with Gasteiger partial charge in [0.15, 0.2) is 0 Å². The first-order valence-electron chi connectivity index (χ1n) is 12.1. The molecule has 0 saturated carbocycles. The number of carboxylic acids is 1. The number of amides is 2. The van der Waals surface area contributed by atoms with Crippen LogP contribution in [0.3, 0.4) is 0 Å². The molecule has 2 aliphatic heterocycles. The van der Waals surface area contributed by atoms with E-state index in [0.29, 0.717) is 30.8 Å².